The van der Waals surface area contributed by atoms with Gasteiger partial charge in [0.15, 0.2) is 5.76 Å². The molecule has 1 fully saturated rings. The molecule has 3 aromatic rings. The zero-order chi connectivity index (χ0) is 21.1. The Morgan fingerprint density at radius 1 is 1.10 bits per heavy atom. The molecule has 2 aromatic carbocycles. The Kier molecular flexibility index (Phi) is 5.87. The highest BCUT2D eigenvalue weighted by molar-refractivity contribution is 7.88. The first-order valence-corrected chi connectivity index (χ1v) is 11.5. The summed E-state index contributed by atoms with van der Waals surface area (Å²) >= 11 is 0. The molecule has 0 bridgehead atoms. The highest BCUT2D eigenvalue weighted by atomic mass is 32.2. The van der Waals surface area contributed by atoms with Crippen molar-refractivity contribution >= 4 is 26.9 Å². The minimum atomic E-state index is -3.50. The van der Waals surface area contributed by atoms with Crippen molar-refractivity contribution in [1.82, 2.24) is 9.62 Å². The molecule has 1 N–H and O–H groups in total. The van der Waals surface area contributed by atoms with Gasteiger partial charge in [-0.3, -0.25) is 4.79 Å². The predicted molar refractivity (Wildman–Crippen MR) is 112 cm³/mol. The van der Waals surface area contributed by atoms with Crippen LogP contribution in [0.25, 0.3) is 11.0 Å². The number of nitrogens with one attached hydrogen (secondary N) is 1. The maximum absolute atomic E-state index is 13.0. The molecule has 158 valence electrons. The van der Waals surface area contributed by atoms with Crippen LogP contribution in [0.5, 0.6) is 0 Å². The number of benzene rings is 2. The van der Waals surface area contributed by atoms with Crippen LogP contribution in [-0.4, -0.2) is 38.9 Å². The van der Waals surface area contributed by atoms with Gasteiger partial charge in [-0.1, -0.05) is 30.3 Å². The average molecular weight is 431 g/mol. The summed E-state index contributed by atoms with van der Waals surface area (Å²) in [4.78, 5) is 14.5. The molecule has 1 aliphatic heterocycles. The molecule has 1 aliphatic rings. The van der Waals surface area contributed by atoms with Crippen LogP contribution in [0, 0.1) is 11.7 Å². The molecular formula is C22H23FN2O4S. The van der Waals surface area contributed by atoms with E-state index >= 15 is 0 Å². The van der Waals surface area contributed by atoms with Crippen molar-refractivity contribution in [1.29, 1.82) is 0 Å². The van der Waals surface area contributed by atoms with E-state index in [9.17, 15) is 17.6 Å². The number of furan rings is 1. The number of piperidine rings is 1. The second kappa shape index (κ2) is 8.57. The molecule has 2 heterocycles. The van der Waals surface area contributed by atoms with Crippen LogP contribution in [0.1, 0.15) is 29.0 Å². The lowest BCUT2D eigenvalue weighted by molar-refractivity contribution is 0.0662. The van der Waals surface area contributed by atoms with Gasteiger partial charge in [-0.2, -0.15) is 0 Å². The minimum Gasteiger partial charge on any atom is -0.451 e. The number of hydrogen-bond acceptors (Lipinski definition) is 4. The predicted octanol–water partition coefficient (Wildman–Crippen LogP) is 3.54. The second-order valence-electron chi connectivity index (χ2n) is 7.62. The lowest BCUT2D eigenvalue weighted by atomic mass is 9.97. The van der Waals surface area contributed by atoms with Crippen LogP contribution >= 0.6 is 0 Å². The quantitative estimate of drug-likeness (QED) is 0.649. The fraction of sp³-hybridized carbons (Fsp3) is 0.318. The normalized spacial score (nSPS) is 15.6. The van der Waals surface area contributed by atoms with E-state index in [1.54, 1.807) is 11.0 Å². The van der Waals surface area contributed by atoms with E-state index in [1.807, 2.05) is 24.3 Å². The fourth-order valence-electron chi connectivity index (χ4n) is 3.68. The van der Waals surface area contributed by atoms with Crippen molar-refractivity contribution in [2.24, 2.45) is 5.92 Å². The van der Waals surface area contributed by atoms with Crippen molar-refractivity contribution in [3.8, 4) is 0 Å². The number of sulfonamides is 1. The molecule has 1 aromatic heterocycles. The summed E-state index contributed by atoms with van der Waals surface area (Å²) in [7, 11) is -3.50. The second-order valence-corrected chi connectivity index (χ2v) is 9.42. The summed E-state index contributed by atoms with van der Waals surface area (Å²) in [5, 5.41) is 0.895. The smallest absolute Gasteiger partial charge is 0.289 e. The van der Waals surface area contributed by atoms with Gasteiger partial charge >= 0.3 is 0 Å². The Morgan fingerprint density at radius 3 is 2.50 bits per heavy atom. The van der Waals surface area contributed by atoms with Crippen LogP contribution in [-0.2, 0) is 15.8 Å². The molecule has 1 amide bonds. The van der Waals surface area contributed by atoms with Crippen LogP contribution in [0.3, 0.4) is 0 Å². The molecule has 0 aliphatic carbocycles. The summed E-state index contributed by atoms with van der Waals surface area (Å²) in [6.45, 7) is 1.44. The van der Waals surface area contributed by atoms with Gasteiger partial charge in [0.05, 0.1) is 5.75 Å². The van der Waals surface area contributed by atoms with Crippen molar-refractivity contribution in [3.05, 3.63) is 71.7 Å². The van der Waals surface area contributed by atoms with Gasteiger partial charge in [0, 0.05) is 25.0 Å². The highest BCUT2D eigenvalue weighted by Crippen LogP contribution is 2.23. The van der Waals surface area contributed by atoms with E-state index in [0.717, 1.165) is 5.39 Å². The van der Waals surface area contributed by atoms with Crippen LogP contribution in [0.4, 0.5) is 4.39 Å². The van der Waals surface area contributed by atoms with Gasteiger partial charge in [0.2, 0.25) is 10.0 Å². The Hall–Kier alpha value is -2.71. The van der Waals surface area contributed by atoms with Crippen LogP contribution in [0.2, 0.25) is 0 Å². The first-order valence-electron chi connectivity index (χ1n) is 9.89. The monoisotopic (exact) mass is 430 g/mol. The van der Waals surface area contributed by atoms with Crippen LogP contribution in [0.15, 0.2) is 59.0 Å². The van der Waals surface area contributed by atoms with Gasteiger partial charge in [-0.15, -0.1) is 0 Å². The van der Waals surface area contributed by atoms with Gasteiger partial charge < -0.3 is 9.32 Å². The maximum Gasteiger partial charge on any atom is 0.289 e. The number of halogens is 1. The highest BCUT2D eigenvalue weighted by Gasteiger charge is 2.26. The minimum absolute atomic E-state index is 0.137. The van der Waals surface area contributed by atoms with E-state index in [1.165, 1.54) is 24.3 Å². The molecule has 0 spiro atoms. The molecule has 1 saturated heterocycles. The number of rotatable bonds is 6. The molecule has 8 heteroatoms. The number of carbonyl (C=O) groups is 1. The first kappa shape index (κ1) is 20.6. The van der Waals surface area contributed by atoms with E-state index in [0.29, 0.717) is 49.4 Å². The zero-order valence-corrected chi connectivity index (χ0v) is 17.2. The molecule has 0 atom stereocenters. The molecule has 30 heavy (non-hydrogen) atoms. The SMILES string of the molecule is O=C(c1cc2ccccc2o1)N1CCC(CNS(=O)(=O)Cc2ccc(F)cc2)CC1. The Labute approximate surface area is 174 Å². The van der Waals surface area contributed by atoms with Crippen molar-refractivity contribution in [2.45, 2.75) is 18.6 Å². The third-order valence-electron chi connectivity index (χ3n) is 5.40. The van der Waals surface area contributed by atoms with Gasteiger partial charge in [-0.05, 0) is 48.6 Å². The van der Waals surface area contributed by atoms with Gasteiger partial charge in [-0.25, -0.2) is 17.5 Å². The summed E-state index contributed by atoms with van der Waals surface area (Å²) < 4.78 is 45.8. The van der Waals surface area contributed by atoms with E-state index < -0.39 is 15.8 Å². The third-order valence-corrected chi connectivity index (χ3v) is 6.72. The molecule has 0 radical (unpaired) electrons. The number of hydrogen-bond donors (Lipinski definition) is 1. The molecule has 0 saturated carbocycles. The summed E-state index contributed by atoms with van der Waals surface area (Å²) in [6, 6.07) is 14.7. The first-order chi connectivity index (χ1) is 14.4. The summed E-state index contributed by atoms with van der Waals surface area (Å²) in [5.74, 6) is -0.228. The van der Waals surface area contributed by atoms with E-state index in [4.69, 9.17) is 4.42 Å². The van der Waals surface area contributed by atoms with Gasteiger partial charge in [0.25, 0.3) is 5.91 Å². The zero-order valence-electron chi connectivity index (χ0n) is 16.4. The van der Waals surface area contributed by atoms with Crippen molar-refractivity contribution < 1.29 is 22.0 Å². The molecule has 4 rings (SSSR count). The number of likely N-dealkylation sites (tertiary alicyclic amines) is 1. The van der Waals surface area contributed by atoms with Gasteiger partial charge in [0.1, 0.15) is 11.4 Å². The van der Waals surface area contributed by atoms with E-state index in [2.05, 4.69) is 4.72 Å². The number of carbonyl (C=O) groups excluding carboxylic acids is 1. The number of nitrogens with zero attached hydrogens (tertiary/aromatic N) is 1. The van der Waals surface area contributed by atoms with Crippen molar-refractivity contribution in [3.63, 3.8) is 0 Å². The molecule has 6 nitrogen and oxygen atoms in total. The average Bonchev–Trinajstić information content (AvgIpc) is 3.18. The molecular weight excluding hydrogens is 407 g/mol. The standard InChI is InChI=1S/C22H23FN2O4S/c23-19-7-5-17(6-8-19)15-30(27,28)24-14-16-9-11-25(12-10-16)22(26)21-13-18-3-1-2-4-20(18)29-21/h1-8,13,16,24H,9-12,14-15H2. The Morgan fingerprint density at radius 2 is 1.80 bits per heavy atom. The van der Waals surface area contributed by atoms with Crippen molar-refractivity contribution in [2.75, 3.05) is 19.6 Å². The lowest BCUT2D eigenvalue weighted by Crippen LogP contribution is -2.41. The lowest BCUT2D eigenvalue weighted by Gasteiger charge is -2.31. The maximum atomic E-state index is 13.0. The molecule has 0 unspecified atom stereocenters. The third kappa shape index (κ3) is 4.88. The Bertz CT molecular complexity index is 1100. The fourth-order valence-corrected chi connectivity index (χ4v) is 4.90. The van der Waals surface area contributed by atoms with E-state index in [-0.39, 0.29) is 17.6 Å². The number of amides is 1. The number of para-hydroxylation sites is 1. The van der Waals surface area contributed by atoms with Crippen LogP contribution < -0.4 is 4.72 Å². The summed E-state index contributed by atoms with van der Waals surface area (Å²) in [5.41, 5.74) is 1.22. The Balaban J connectivity index is 1.28. The largest absolute Gasteiger partial charge is 0.451 e. The topological polar surface area (TPSA) is 79.6 Å². The number of fused-ring (bicyclic) bond motifs is 1. The summed E-state index contributed by atoms with van der Waals surface area (Å²) in [6.07, 6.45) is 1.43.